The molecule has 1 amide bonds. The summed E-state index contributed by atoms with van der Waals surface area (Å²) in [7, 11) is 0. The molecule has 1 N–H and O–H groups in total. The summed E-state index contributed by atoms with van der Waals surface area (Å²) >= 11 is 11.4. The van der Waals surface area contributed by atoms with Gasteiger partial charge in [-0.25, -0.2) is 0 Å². The molecule has 2 rings (SSSR count). The molecule has 1 saturated carbocycles. The van der Waals surface area contributed by atoms with E-state index in [1.165, 1.54) is 25.3 Å². The number of hydrogen-bond acceptors (Lipinski definition) is 3. The second-order valence-corrected chi connectivity index (χ2v) is 4.96. The van der Waals surface area contributed by atoms with Crippen LogP contribution in [0.15, 0.2) is 6.07 Å². The van der Waals surface area contributed by atoms with E-state index in [2.05, 4.69) is 15.5 Å². The number of hydrogen-bond donors (Lipinski definition) is 1. The first kappa shape index (κ1) is 12.6. The van der Waals surface area contributed by atoms with Gasteiger partial charge in [0.05, 0.1) is 5.56 Å². The standard InChI is InChI=1S/C11H13Cl2N3O/c12-9-6-8(10(13)16-15-9)11(17)14-5-1-2-7-3-4-7/h6-7H,1-5H2,(H,14,17). The highest BCUT2D eigenvalue weighted by molar-refractivity contribution is 6.34. The normalized spacial score (nSPS) is 14.7. The van der Waals surface area contributed by atoms with E-state index in [0.29, 0.717) is 6.54 Å². The number of rotatable bonds is 5. The zero-order chi connectivity index (χ0) is 12.3. The van der Waals surface area contributed by atoms with Gasteiger partial charge < -0.3 is 5.32 Å². The molecule has 1 heterocycles. The largest absolute Gasteiger partial charge is 0.352 e. The number of halogens is 2. The Hall–Kier alpha value is -0.870. The molecule has 0 atom stereocenters. The topological polar surface area (TPSA) is 54.9 Å². The van der Waals surface area contributed by atoms with Crippen molar-refractivity contribution in [2.75, 3.05) is 6.54 Å². The van der Waals surface area contributed by atoms with Crippen LogP contribution in [0.4, 0.5) is 0 Å². The summed E-state index contributed by atoms with van der Waals surface area (Å²) in [5, 5.41) is 10.2. The minimum absolute atomic E-state index is 0.0779. The van der Waals surface area contributed by atoms with E-state index in [1.54, 1.807) is 0 Å². The second-order valence-electron chi connectivity index (χ2n) is 4.21. The van der Waals surface area contributed by atoms with Crippen LogP contribution in [0.1, 0.15) is 36.0 Å². The van der Waals surface area contributed by atoms with Crippen molar-refractivity contribution in [1.82, 2.24) is 15.5 Å². The van der Waals surface area contributed by atoms with E-state index in [0.717, 1.165) is 12.3 Å². The van der Waals surface area contributed by atoms with Crippen molar-refractivity contribution in [2.45, 2.75) is 25.7 Å². The fraction of sp³-hybridized carbons (Fsp3) is 0.545. The third-order valence-electron chi connectivity index (χ3n) is 2.74. The molecule has 0 radical (unpaired) electrons. The van der Waals surface area contributed by atoms with Crippen LogP contribution in [0.25, 0.3) is 0 Å². The van der Waals surface area contributed by atoms with Gasteiger partial charge >= 0.3 is 0 Å². The molecule has 17 heavy (non-hydrogen) atoms. The first-order valence-corrected chi connectivity index (χ1v) is 6.39. The minimum Gasteiger partial charge on any atom is -0.352 e. The molecule has 0 saturated heterocycles. The Labute approximate surface area is 110 Å². The molecule has 0 spiro atoms. The zero-order valence-electron chi connectivity index (χ0n) is 9.25. The SMILES string of the molecule is O=C(NCCCC1CC1)c1cc(Cl)nnc1Cl. The van der Waals surface area contributed by atoms with Crippen LogP contribution in [-0.2, 0) is 0 Å². The molecule has 1 aromatic rings. The van der Waals surface area contributed by atoms with Crippen LogP contribution in [0.5, 0.6) is 0 Å². The Bertz CT molecular complexity index is 421. The maximum absolute atomic E-state index is 11.8. The Morgan fingerprint density at radius 1 is 1.41 bits per heavy atom. The van der Waals surface area contributed by atoms with Crippen LogP contribution in [0.3, 0.4) is 0 Å². The summed E-state index contributed by atoms with van der Waals surface area (Å²) in [6, 6.07) is 1.42. The lowest BCUT2D eigenvalue weighted by molar-refractivity contribution is 0.0952. The van der Waals surface area contributed by atoms with E-state index < -0.39 is 0 Å². The zero-order valence-corrected chi connectivity index (χ0v) is 10.8. The van der Waals surface area contributed by atoms with Gasteiger partial charge in [-0.3, -0.25) is 4.79 Å². The van der Waals surface area contributed by atoms with Crippen LogP contribution in [0.2, 0.25) is 10.3 Å². The number of carbonyl (C=O) groups is 1. The minimum atomic E-state index is -0.248. The summed E-state index contributed by atoms with van der Waals surface area (Å²) in [5.41, 5.74) is 0.276. The van der Waals surface area contributed by atoms with Crippen molar-refractivity contribution < 1.29 is 4.79 Å². The molecule has 0 bridgehead atoms. The van der Waals surface area contributed by atoms with Gasteiger partial charge in [0.25, 0.3) is 5.91 Å². The highest BCUT2D eigenvalue weighted by Crippen LogP contribution is 2.33. The third kappa shape index (κ3) is 3.82. The first-order chi connectivity index (χ1) is 8.16. The Kier molecular flexibility index (Phi) is 4.18. The molecule has 0 aliphatic heterocycles. The Morgan fingerprint density at radius 2 is 2.18 bits per heavy atom. The van der Waals surface area contributed by atoms with E-state index in [9.17, 15) is 4.79 Å². The number of aromatic nitrogens is 2. The molecule has 1 aliphatic carbocycles. The van der Waals surface area contributed by atoms with Crippen LogP contribution < -0.4 is 5.32 Å². The average molecular weight is 274 g/mol. The lowest BCUT2D eigenvalue weighted by Crippen LogP contribution is -2.25. The van der Waals surface area contributed by atoms with E-state index in [4.69, 9.17) is 23.2 Å². The summed E-state index contributed by atoms with van der Waals surface area (Å²) < 4.78 is 0. The van der Waals surface area contributed by atoms with Crippen LogP contribution in [0, 0.1) is 5.92 Å². The molecule has 4 nitrogen and oxygen atoms in total. The summed E-state index contributed by atoms with van der Waals surface area (Å²) in [6.45, 7) is 0.658. The first-order valence-electron chi connectivity index (χ1n) is 5.63. The Balaban J connectivity index is 1.82. The maximum Gasteiger partial charge on any atom is 0.254 e. The van der Waals surface area contributed by atoms with E-state index in [-0.39, 0.29) is 21.8 Å². The molecule has 1 aromatic heterocycles. The van der Waals surface area contributed by atoms with Gasteiger partial charge in [-0.15, -0.1) is 10.2 Å². The van der Waals surface area contributed by atoms with Crippen molar-refractivity contribution in [3.63, 3.8) is 0 Å². The molecule has 0 aromatic carbocycles. The van der Waals surface area contributed by atoms with Gasteiger partial charge in [0.2, 0.25) is 0 Å². The number of amides is 1. The third-order valence-corrected chi connectivity index (χ3v) is 3.20. The highest BCUT2D eigenvalue weighted by Gasteiger charge is 2.20. The molecule has 1 aliphatic rings. The molecule has 6 heteroatoms. The smallest absolute Gasteiger partial charge is 0.254 e. The van der Waals surface area contributed by atoms with E-state index >= 15 is 0 Å². The van der Waals surface area contributed by atoms with Crippen molar-refractivity contribution in [3.8, 4) is 0 Å². The summed E-state index contributed by atoms with van der Waals surface area (Å²) in [6.07, 6.45) is 4.86. The second kappa shape index (κ2) is 5.65. The molecule has 0 unspecified atom stereocenters. The molecular formula is C11H13Cl2N3O. The van der Waals surface area contributed by atoms with Gasteiger partial charge in [-0.1, -0.05) is 36.0 Å². The van der Waals surface area contributed by atoms with Gasteiger partial charge in [0, 0.05) is 6.54 Å². The molecule has 1 fully saturated rings. The summed E-state index contributed by atoms with van der Waals surface area (Å²) in [4.78, 5) is 11.8. The summed E-state index contributed by atoms with van der Waals surface area (Å²) in [5.74, 6) is 0.634. The Morgan fingerprint density at radius 3 is 2.88 bits per heavy atom. The number of carbonyl (C=O) groups excluding carboxylic acids is 1. The van der Waals surface area contributed by atoms with Crippen molar-refractivity contribution >= 4 is 29.1 Å². The molecule has 92 valence electrons. The van der Waals surface area contributed by atoms with Crippen molar-refractivity contribution in [3.05, 3.63) is 21.9 Å². The van der Waals surface area contributed by atoms with Gasteiger partial charge in [-0.05, 0) is 24.8 Å². The monoisotopic (exact) mass is 273 g/mol. The van der Waals surface area contributed by atoms with Crippen LogP contribution in [-0.4, -0.2) is 22.6 Å². The highest BCUT2D eigenvalue weighted by atomic mass is 35.5. The van der Waals surface area contributed by atoms with Crippen molar-refractivity contribution in [1.29, 1.82) is 0 Å². The lowest BCUT2D eigenvalue weighted by Gasteiger charge is -2.05. The quantitative estimate of drug-likeness (QED) is 0.840. The van der Waals surface area contributed by atoms with Gasteiger partial charge in [0.1, 0.15) is 0 Å². The average Bonchev–Trinajstić information content (AvgIpc) is 3.11. The van der Waals surface area contributed by atoms with Gasteiger partial charge in [0.15, 0.2) is 10.3 Å². The maximum atomic E-state index is 11.8. The lowest BCUT2D eigenvalue weighted by atomic mass is 10.2. The number of nitrogens with zero attached hydrogens (tertiary/aromatic N) is 2. The fourth-order valence-corrected chi connectivity index (χ4v) is 1.93. The van der Waals surface area contributed by atoms with E-state index in [1.807, 2.05) is 0 Å². The van der Waals surface area contributed by atoms with Crippen molar-refractivity contribution in [2.24, 2.45) is 5.92 Å². The predicted molar refractivity (Wildman–Crippen MR) is 66.3 cm³/mol. The van der Waals surface area contributed by atoms with Crippen LogP contribution >= 0.6 is 23.2 Å². The predicted octanol–water partition coefficient (Wildman–Crippen LogP) is 2.70. The molecular weight excluding hydrogens is 261 g/mol. The fourth-order valence-electron chi connectivity index (χ4n) is 1.61. The van der Waals surface area contributed by atoms with Gasteiger partial charge in [-0.2, -0.15) is 0 Å². The number of nitrogens with one attached hydrogen (secondary N) is 1.